The van der Waals surface area contributed by atoms with Crippen molar-refractivity contribution < 1.29 is 10.0 Å². The topological polar surface area (TPSA) is 87.7 Å². The molecule has 0 saturated carbocycles. The van der Waals surface area contributed by atoms with Crippen molar-refractivity contribution >= 4 is 11.7 Å². The molecular weight excluding hydrogens is 242 g/mol. The number of hydrogen-bond acceptors (Lipinski definition) is 3. The predicted molar refractivity (Wildman–Crippen MR) is 78.1 cm³/mol. The van der Waals surface area contributed by atoms with Crippen LogP contribution in [0.25, 0.3) is 0 Å². The van der Waals surface area contributed by atoms with Gasteiger partial charge in [-0.15, -0.1) is 0 Å². The Kier molecular flexibility index (Phi) is 6.33. The number of nitrogens with zero attached hydrogens (tertiary/aromatic N) is 1. The third-order valence-electron chi connectivity index (χ3n) is 3.02. The molecule has 0 fully saturated rings. The highest BCUT2D eigenvalue weighted by atomic mass is 16.4. The molecule has 0 aliphatic rings. The molecule has 0 spiro atoms. The van der Waals surface area contributed by atoms with Gasteiger partial charge in [0.25, 0.3) is 0 Å². The van der Waals surface area contributed by atoms with E-state index in [2.05, 4.69) is 38.2 Å². The standard InChI is InChI=1S/C14H29N3O2/c1-10(8-13(2,3)4)7-11(18)16-9-14(5,6)12(15)17-19/h10,19H,7-9H2,1-6H3,(H2,15,17)(H,16,18). The number of carbonyl (C=O) groups excluding carboxylic acids is 1. The third-order valence-corrected chi connectivity index (χ3v) is 3.02. The van der Waals surface area contributed by atoms with Gasteiger partial charge in [0.2, 0.25) is 5.91 Å². The summed E-state index contributed by atoms with van der Waals surface area (Å²) in [6, 6.07) is 0. The maximum atomic E-state index is 11.8. The highest BCUT2D eigenvalue weighted by molar-refractivity contribution is 5.86. The maximum absolute atomic E-state index is 11.8. The summed E-state index contributed by atoms with van der Waals surface area (Å²) in [5, 5.41) is 14.5. The van der Waals surface area contributed by atoms with Crippen molar-refractivity contribution in [3.63, 3.8) is 0 Å². The van der Waals surface area contributed by atoms with Gasteiger partial charge in [0.1, 0.15) is 5.84 Å². The number of oxime groups is 1. The van der Waals surface area contributed by atoms with E-state index >= 15 is 0 Å². The highest BCUT2D eigenvalue weighted by Gasteiger charge is 2.25. The third kappa shape index (κ3) is 7.70. The van der Waals surface area contributed by atoms with Crippen molar-refractivity contribution in [2.24, 2.45) is 27.6 Å². The van der Waals surface area contributed by atoms with Crippen molar-refractivity contribution in [2.75, 3.05) is 6.54 Å². The Labute approximate surface area is 116 Å². The van der Waals surface area contributed by atoms with Gasteiger partial charge < -0.3 is 16.3 Å². The summed E-state index contributed by atoms with van der Waals surface area (Å²) < 4.78 is 0. The van der Waals surface area contributed by atoms with Crippen LogP contribution >= 0.6 is 0 Å². The van der Waals surface area contributed by atoms with Gasteiger partial charge in [-0.25, -0.2) is 0 Å². The van der Waals surface area contributed by atoms with E-state index in [1.807, 2.05) is 13.8 Å². The summed E-state index contributed by atoms with van der Waals surface area (Å²) in [6.07, 6.45) is 1.51. The van der Waals surface area contributed by atoms with E-state index in [1.54, 1.807) is 0 Å². The van der Waals surface area contributed by atoms with Crippen molar-refractivity contribution in [2.45, 2.75) is 54.4 Å². The molecule has 0 heterocycles. The number of rotatable bonds is 6. The zero-order valence-corrected chi connectivity index (χ0v) is 13.1. The van der Waals surface area contributed by atoms with Crippen molar-refractivity contribution in [1.29, 1.82) is 0 Å². The molecule has 0 aromatic carbocycles. The maximum Gasteiger partial charge on any atom is 0.220 e. The first-order valence-electron chi connectivity index (χ1n) is 6.72. The van der Waals surface area contributed by atoms with E-state index < -0.39 is 5.41 Å². The van der Waals surface area contributed by atoms with Crippen molar-refractivity contribution in [3.05, 3.63) is 0 Å². The fourth-order valence-corrected chi connectivity index (χ4v) is 2.05. The Morgan fingerprint density at radius 1 is 1.32 bits per heavy atom. The van der Waals surface area contributed by atoms with Gasteiger partial charge in [0, 0.05) is 18.4 Å². The van der Waals surface area contributed by atoms with E-state index in [0.717, 1.165) is 6.42 Å². The van der Waals surface area contributed by atoms with Crippen molar-refractivity contribution in [3.8, 4) is 0 Å². The van der Waals surface area contributed by atoms with Gasteiger partial charge in [-0.05, 0) is 17.8 Å². The molecule has 4 N–H and O–H groups in total. The molecule has 112 valence electrons. The molecule has 19 heavy (non-hydrogen) atoms. The fraction of sp³-hybridized carbons (Fsp3) is 0.857. The molecule has 0 radical (unpaired) electrons. The molecule has 0 rings (SSSR count). The number of nitrogens with two attached hydrogens (primary N) is 1. The molecule has 5 nitrogen and oxygen atoms in total. The SMILES string of the molecule is CC(CC(=O)NCC(C)(C)C(N)=NO)CC(C)(C)C. The first kappa shape index (κ1) is 17.7. The van der Waals surface area contributed by atoms with E-state index in [-0.39, 0.29) is 17.2 Å². The molecule has 5 heteroatoms. The first-order valence-corrected chi connectivity index (χ1v) is 6.72. The van der Waals surface area contributed by atoms with Crippen LogP contribution in [0.4, 0.5) is 0 Å². The number of amidine groups is 1. The van der Waals surface area contributed by atoms with E-state index in [1.165, 1.54) is 0 Å². The molecule has 0 aromatic heterocycles. The van der Waals surface area contributed by atoms with Crippen LogP contribution in [0, 0.1) is 16.7 Å². The molecule has 1 atom stereocenters. The first-order chi connectivity index (χ1) is 8.48. The second-order valence-corrected chi connectivity index (χ2v) is 7.22. The lowest BCUT2D eigenvalue weighted by Gasteiger charge is -2.25. The van der Waals surface area contributed by atoms with Gasteiger partial charge in [0.15, 0.2) is 0 Å². The summed E-state index contributed by atoms with van der Waals surface area (Å²) >= 11 is 0. The molecule has 0 aliphatic carbocycles. The van der Waals surface area contributed by atoms with Crippen LogP contribution < -0.4 is 11.1 Å². The molecular formula is C14H29N3O2. The predicted octanol–water partition coefficient (Wildman–Crippen LogP) is 2.34. The van der Waals surface area contributed by atoms with Crippen LogP contribution in [-0.2, 0) is 4.79 Å². The lowest BCUT2D eigenvalue weighted by Crippen LogP contribution is -2.42. The normalized spacial score (nSPS) is 15.2. The van der Waals surface area contributed by atoms with Gasteiger partial charge in [-0.3, -0.25) is 4.79 Å². The second-order valence-electron chi connectivity index (χ2n) is 7.22. The highest BCUT2D eigenvalue weighted by Crippen LogP contribution is 2.25. The Hall–Kier alpha value is -1.26. The molecule has 1 unspecified atom stereocenters. The minimum Gasteiger partial charge on any atom is -0.409 e. The van der Waals surface area contributed by atoms with E-state index in [9.17, 15) is 4.79 Å². The molecule has 0 bridgehead atoms. The van der Waals surface area contributed by atoms with Crippen molar-refractivity contribution in [1.82, 2.24) is 5.32 Å². The minimum atomic E-state index is -0.544. The van der Waals surface area contributed by atoms with Gasteiger partial charge in [-0.1, -0.05) is 46.7 Å². The quantitative estimate of drug-likeness (QED) is 0.300. The summed E-state index contributed by atoms with van der Waals surface area (Å²) in [6.45, 7) is 12.6. The van der Waals surface area contributed by atoms with E-state index in [0.29, 0.717) is 18.9 Å². The van der Waals surface area contributed by atoms with Gasteiger partial charge in [-0.2, -0.15) is 0 Å². The fourth-order valence-electron chi connectivity index (χ4n) is 2.05. The number of nitrogens with one attached hydrogen (secondary N) is 1. The number of amides is 1. The average molecular weight is 271 g/mol. The summed E-state index contributed by atoms with van der Waals surface area (Å²) in [4.78, 5) is 11.8. The van der Waals surface area contributed by atoms with Crippen LogP contribution in [0.15, 0.2) is 5.16 Å². The lowest BCUT2D eigenvalue weighted by molar-refractivity contribution is -0.122. The van der Waals surface area contributed by atoms with Crippen LogP contribution in [0.3, 0.4) is 0 Å². The van der Waals surface area contributed by atoms with E-state index in [4.69, 9.17) is 10.9 Å². The Morgan fingerprint density at radius 3 is 2.26 bits per heavy atom. The van der Waals surface area contributed by atoms with Crippen LogP contribution in [-0.4, -0.2) is 23.5 Å². The summed E-state index contributed by atoms with van der Waals surface area (Å²) in [5.41, 5.74) is 5.26. The number of hydrogen-bond donors (Lipinski definition) is 3. The molecule has 1 amide bonds. The summed E-state index contributed by atoms with van der Waals surface area (Å²) in [5.74, 6) is 0.470. The Bertz CT molecular complexity index is 330. The Morgan fingerprint density at radius 2 is 1.84 bits per heavy atom. The number of carbonyl (C=O) groups is 1. The zero-order chi connectivity index (χ0) is 15.3. The summed E-state index contributed by atoms with van der Waals surface area (Å²) in [7, 11) is 0. The van der Waals surface area contributed by atoms with Crippen LogP contribution in [0.1, 0.15) is 54.4 Å². The average Bonchev–Trinajstić information content (AvgIpc) is 2.22. The second kappa shape index (κ2) is 6.78. The van der Waals surface area contributed by atoms with Crippen LogP contribution in [0.2, 0.25) is 0 Å². The van der Waals surface area contributed by atoms with Gasteiger partial charge >= 0.3 is 0 Å². The largest absolute Gasteiger partial charge is 0.409 e. The van der Waals surface area contributed by atoms with Crippen LogP contribution in [0.5, 0.6) is 0 Å². The van der Waals surface area contributed by atoms with Gasteiger partial charge in [0.05, 0.1) is 0 Å². The smallest absolute Gasteiger partial charge is 0.220 e. The molecule has 0 aliphatic heterocycles. The monoisotopic (exact) mass is 271 g/mol. The molecule has 0 aromatic rings. The Balaban J connectivity index is 4.20. The zero-order valence-electron chi connectivity index (χ0n) is 13.1. The minimum absolute atomic E-state index is 0.00978. The lowest BCUT2D eigenvalue weighted by atomic mass is 9.84. The molecule has 0 saturated heterocycles.